The highest BCUT2D eigenvalue weighted by atomic mass is 32.2. The van der Waals surface area contributed by atoms with Crippen molar-refractivity contribution in [2.75, 3.05) is 19.5 Å². The third-order valence-corrected chi connectivity index (χ3v) is 5.23. The molecule has 0 saturated heterocycles. The van der Waals surface area contributed by atoms with Gasteiger partial charge in [0.2, 0.25) is 5.91 Å². The van der Waals surface area contributed by atoms with Crippen LogP contribution in [0.3, 0.4) is 0 Å². The third-order valence-electron chi connectivity index (χ3n) is 4.24. The SMILES string of the molecule is CCCCOC(=O)CSC1=C(C#N)[C@H](c2ccccc2OC)[C@H](C#N)C(=O)N1. The Morgan fingerprint density at radius 3 is 2.71 bits per heavy atom. The standard InChI is InChI=1S/C20H21N3O4S/c1-3-4-9-27-17(24)12-28-20-15(11-22)18(14(10-21)19(25)23-20)13-7-5-6-8-16(13)26-2/h5-8,14,18H,3-4,9,12H2,1-2H3,(H,23,25)/t14-,18+/m0/s1. The molecular weight excluding hydrogens is 378 g/mol. The lowest BCUT2D eigenvalue weighted by Gasteiger charge is -2.29. The highest BCUT2D eigenvalue weighted by Gasteiger charge is 2.40. The van der Waals surface area contributed by atoms with Gasteiger partial charge in [-0.15, -0.1) is 0 Å². The molecule has 0 radical (unpaired) electrons. The molecule has 1 amide bonds. The molecule has 8 heteroatoms. The molecule has 0 unspecified atom stereocenters. The second kappa shape index (κ2) is 10.4. The number of nitrogens with zero attached hydrogens (tertiary/aromatic N) is 2. The van der Waals surface area contributed by atoms with Gasteiger partial charge in [0.1, 0.15) is 11.7 Å². The second-order valence-electron chi connectivity index (χ2n) is 6.03. The zero-order valence-corrected chi connectivity index (χ0v) is 16.5. The number of para-hydroxylation sites is 1. The smallest absolute Gasteiger partial charge is 0.316 e. The van der Waals surface area contributed by atoms with Gasteiger partial charge in [-0.1, -0.05) is 43.3 Å². The molecule has 0 aliphatic carbocycles. The Morgan fingerprint density at radius 1 is 1.32 bits per heavy atom. The van der Waals surface area contributed by atoms with Crippen molar-refractivity contribution in [2.45, 2.75) is 25.7 Å². The number of benzene rings is 1. The minimum atomic E-state index is -1.08. The van der Waals surface area contributed by atoms with E-state index in [0.29, 0.717) is 17.9 Å². The van der Waals surface area contributed by atoms with Crippen LogP contribution in [0.4, 0.5) is 0 Å². The molecule has 28 heavy (non-hydrogen) atoms. The van der Waals surface area contributed by atoms with Crippen molar-refractivity contribution < 1.29 is 19.1 Å². The van der Waals surface area contributed by atoms with Crippen molar-refractivity contribution in [1.82, 2.24) is 5.32 Å². The summed E-state index contributed by atoms with van der Waals surface area (Å²) in [4.78, 5) is 24.4. The first-order valence-electron chi connectivity index (χ1n) is 8.83. The number of unbranched alkanes of at least 4 members (excludes halogenated alkanes) is 1. The minimum absolute atomic E-state index is 0.0413. The molecule has 2 rings (SSSR count). The van der Waals surface area contributed by atoms with Gasteiger partial charge in [0.25, 0.3) is 0 Å². The van der Waals surface area contributed by atoms with Crippen molar-refractivity contribution in [3.63, 3.8) is 0 Å². The molecule has 1 aromatic carbocycles. The first-order chi connectivity index (χ1) is 13.6. The number of methoxy groups -OCH3 is 1. The van der Waals surface area contributed by atoms with E-state index < -0.39 is 23.7 Å². The maximum absolute atomic E-state index is 12.5. The van der Waals surface area contributed by atoms with Crippen LogP contribution in [0.1, 0.15) is 31.2 Å². The van der Waals surface area contributed by atoms with E-state index in [1.165, 1.54) is 7.11 Å². The molecule has 146 valence electrons. The lowest BCUT2D eigenvalue weighted by molar-refractivity contribution is -0.140. The number of nitrogens with one attached hydrogen (secondary N) is 1. The summed E-state index contributed by atoms with van der Waals surface area (Å²) in [6.45, 7) is 2.33. The lowest BCUT2D eigenvalue weighted by atomic mass is 9.79. The number of nitriles is 2. The van der Waals surface area contributed by atoms with E-state index in [1.807, 2.05) is 13.0 Å². The van der Waals surface area contributed by atoms with Gasteiger partial charge in [0, 0.05) is 5.56 Å². The van der Waals surface area contributed by atoms with Gasteiger partial charge in [-0.25, -0.2) is 0 Å². The van der Waals surface area contributed by atoms with Gasteiger partial charge in [-0.2, -0.15) is 10.5 Å². The van der Waals surface area contributed by atoms with E-state index in [0.717, 1.165) is 24.6 Å². The highest BCUT2D eigenvalue weighted by molar-refractivity contribution is 8.03. The van der Waals surface area contributed by atoms with Crippen molar-refractivity contribution in [1.29, 1.82) is 10.5 Å². The Kier molecular flexibility index (Phi) is 7.91. The molecule has 1 N–H and O–H groups in total. The number of allylic oxidation sites excluding steroid dienone is 1. The van der Waals surface area contributed by atoms with Crippen LogP contribution in [-0.4, -0.2) is 31.3 Å². The van der Waals surface area contributed by atoms with Gasteiger partial charge in [0.05, 0.1) is 48.1 Å². The number of ether oxygens (including phenoxy) is 2. The summed E-state index contributed by atoms with van der Waals surface area (Å²) in [5.41, 5.74) is 0.800. The van der Waals surface area contributed by atoms with Gasteiger partial charge >= 0.3 is 5.97 Å². The van der Waals surface area contributed by atoms with Crippen LogP contribution in [0.15, 0.2) is 34.9 Å². The van der Waals surface area contributed by atoms with E-state index in [2.05, 4.69) is 11.4 Å². The normalized spacial score (nSPS) is 18.6. The lowest BCUT2D eigenvalue weighted by Crippen LogP contribution is -2.39. The maximum Gasteiger partial charge on any atom is 0.316 e. The summed E-state index contributed by atoms with van der Waals surface area (Å²) in [5, 5.41) is 22.1. The molecular formula is C20H21N3O4S. The molecule has 1 aliphatic rings. The van der Waals surface area contributed by atoms with E-state index >= 15 is 0 Å². The van der Waals surface area contributed by atoms with Gasteiger partial charge < -0.3 is 14.8 Å². The zero-order chi connectivity index (χ0) is 20.5. The van der Waals surface area contributed by atoms with Crippen molar-refractivity contribution in [3.8, 4) is 17.9 Å². The highest BCUT2D eigenvalue weighted by Crippen LogP contribution is 2.42. The quantitative estimate of drug-likeness (QED) is 0.528. The van der Waals surface area contributed by atoms with E-state index in [1.54, 1.807) is 24.3 Å². The fourth-order valence-corrected chi connectivity index (χ4v) is 3.69. The molecule has 1 aliphatic heterocycles. The van der Waals surface area contributed by atoms with Crippen LogP contribution in [0, 0.1) is 28.6 Å². The minimum Gasteiger partial charge on any atom is -0.496 e. The third kappa shape index (κ3) is 4.85. The summed E-state index contributed by atoms with van der Waals surface area (Å²) in [6.07, 6.45) is 1.69. The van der Waals surface area contributed by atoms with Crippen molar-refractivity contribution in [2.24, 2.45) is 5.92 Å². The van der Waals surface area contributed by atoms with Gasteiger partial charge in [0.15, 0.2) is 0 Å². The van der Waals surface area contributed by atoms with E-state index in [-0.39, 0.29) is 16.4 Å². The van der Waals surface area contributed by atoms with Gasteiger partial charge in [-0.3, -0.25) is 9.59 Å². The summed E-state index contributed by atoms with van der Waals surface area (Å²) in [6, 6.07) is 11.0. The summed E-state index contributed by atoms with van der Waals surface area (Å²) in [7, 11) is 1.49. The summed E-state index contributed by atoms with van der Waals surface area (Å²) >= 11 is 1.02. The largest absolute Gasteiger partial charge is 0.496 e. The number of esters is 1. The number of amides is 1. The molecule has 2 atom stereocenters. The predicted octanol–water partition coefficient (Wildman–Crippen LogP) is 2.86. The van der Waals surface area contributed by atoms with Crippen LogP contribution in [0.5, 0.6) is 5.75 Å². The summed E-state index contributed by atoms with van der Waals surface area (Å²) < 4.78 is 10.5. The Bertz CT molecular complexity index is 854. The van der Waals surface area contributed by atoms with E-state index in [4.69, 9.17) is 9.47 Å². The fraction of sp³-hybridized carbons (Fsp3) is 0.400. The van der Waals surface area contributed by atoms with Crippen LogP contribution in [0.25, 0.3) is 0 Å². The molecule has 1 heterocycles. The average Bonchev–Trinajstić information content (AvgIpc) is 2.71. The second-order valence-corrected chi connectivity index (χ2v) is 7.02. The molecule has 0 aromatic heterocycles. The van der Waals surface area contributed by atoms with Crippen LogP contribution < -0.4 is 10.1 Å². The van der Waals surface area contributed by atoms with Crippen LogP contribution in [-0.2, 0) is 14.3 Å². The van der Waals surface area contributed by atoms with E-state index in [9.17, 15) is 20.1 Å². The first-order valence-corrected chi connectivity index (χ1v) is 9.82. The molecule has 0 spiro atoms. The number of thioether (sulfide) groups is 1. The maximum atomic E-state index is 12.5. The summed E-state index contributed by atoms with van der Waals surface area (Å²) in [5.74, 6) is -2.35. The van der Waals surface area contributed by atoms with Crippen LogP contribution in [0.2, 0.25) is 0 Å². The Balaban J connectivity index is 2.34. The molecule has 0 fully saturated rings. The Hall–Kier alpha value is -2.97. The number of carbonyl (C=O) groups excluding carboxylic acids is 2. The number of rotatable bonds is 8. The molecule has 7 nitrogen and oxygen atoms in total. The average molecular weight is 399 g/mol. The number of hydrogen-bond acceptors (Lipinski definition) is 7. The monoisotopic (exact) mass is 399 g/mol. The Morgan fingerprint density at radius 2 is 2.07 bits per heavy atom. The molecule has 1 aromatic rings. The van der Waals surface area contributed by atoms with Crippen molar-refractivity contribution in [3.05, 3.63) is 40.4 Å². The zero-order valence-electron chi connectivity index (χ0n) is 15.7. The first kappa shape index (κ1) is 21.3. The Labute approximate surface area is 168 Å². The topological polar surface area (TPSA) is 112 Å². The van der Waals surface area contributed by atoms with Gasteiger partial charge in [-0.05, 0) is 12.5 Å². The fourth-order valence-electron chi connectivity index (χ4n) is 2.85. The number of hydrogen-bond donors (Lipinski definition) is 1. The van der Waals surface area contributed by atoms with Crippen LogP contribution >= 0.6 is 11.8 Å². The number of carbonyl (C=O) groups is 2. The molecule has 0 bridgehead atoms. The van der Waals surface area contributed by atoms with Crippen molar-refractivity contribution >= 4 is 23.6 Å². The predicted molar refractivity (Wildman–Crippen MR) is 104 cm³/mol. The molecule has 0 saturated carbocycles.